The summed E-state index contributed by atoms with van der Waals surface area (Å²) in [4.78, 5) is 23.4. The number of nitrogens with zero attached hydrogens (tertiary/aromatic N) is 2. The van der Waals surface area contributed by atoms with Crippen molar-refractivity contribution in [3.8, 4) is 5.75 Å². The zero-order chi connectivity index (χ0) is 17.8. The molecule has 0 saturated heterocycles. The summed E-state index contributed by atoms with van der Waals surface area (Å²) < 4.78 is 5.22. The van der Waals surface area contributed by atoms with E-state index in [1.807, 2.05) is 30.3 Å². The van der Waals surface area contributed by atoms with Crippen LogP contribution in [0.5, 0.6) is 5.75 Å². The van der Waals surface area contributed by atoms with Gasteiger partial charge in [-0.2, -0.15) is 10.1 Å². The van der Waals surface area contributed by atoms with E-state index < -0.39 is 5.91 Å². The standard InChI is InChI=1S/C19H17N3O3/c1-13-17(19(24)22(21-13)15-5-3-2-4-6-15)11-14-7-9-16(10-8-14)25-12-18(20)23/h2-11H,12H2,1H3,(H2,20,23)/b17-11+. The average Bonchev–Trinajstić information content (AvgIpc) is 2.90. The third-order valence-corrected chi connectivity index (χ3v) is 3.64. The van der Waals surface area contributed by atoms with Crippen molar-refractivity contribution < 1.29 is 14.3 Å². The van der Waals surface area contributed by atoms with Gasteiger partial charge in [-0.3, -0.25) is 9.59 Å². The summed E-state index contributed by atoms with van der Waals surface area (Å²) in [6.45, 7) is 1.63. The van der Waals surface area contributed by atoms with E-state index in [4.69, 9.17) is 10.5 Å². The first-order chi connectivity index (χ1) is 12.0. The maximum atomic E-state index is 12.6. The highest BCUT2D eigenvalue weighted by molar-refractivity contribution is 6.32. The van der Waals surface area contributed by atoms with E-state index in [0.29, 0.717) is 17.0 Å². The molecule has 6 nitrogen and oxygen atoms in total. The summed E-state index contributed by atoms with van der Waals surface area (Å²) >= 11 is 0. The van der Waals surface area contributed by atoms with Crippen molar-refractivity contribution >= 4 is 29.3 Å². The van der Waals surface area contributed by atoms with Crippen LogP contribution in [0.15, 0.2) is 65.3 Å². The van der Waals surface area contributed by atoms with E-state index in [1.54, 1.807) is 37.3 Å². The van der Waals surface area contributed by atoms with Gasteiger partial charge in [0, 0.05) is 0 Å². The van der Waals surface area contributed by atoms with Crippen LogP contribution in [-0.4, -0.2) is 24.1 Å². The van der Waals surface area contributed by atoms with Crippen molar-refractivity contribution in [3.63, 3.8) is 0 Å². The highest BCUT2D eigenvalue weighted by Crippen LogP contribution is 2.25. The summed E-state index contributed by atoms with van der Waals surface area (Å²) in [5.41, 5.74) is 7.79. The Morgan fingerprint density at radius 1 is 1.16 bits per heavy atom. The molecule has 0 fully saturated rings. The van der Waals surface area contributed by atoms with E-state index in [-0.39, 0.29) is 12.5 Å². The molecule has 0 radical (unpaired) electrons. The van der Waals surface area contributed by atoms with Crippen LogP contribution < -0.4 is 15.5 Å². The Morgan fingerprint density at radius 3 is 2.48 bits per heavy atom. The van der Waals surface area contributed by atoms with Gasteiger partial charge in [0.1, 0.15) is 5.75 Å². The monoisotopic (exact) mass is 335 g/mol. The number of anilines is 1. The molecule has 2 N–H and O–H groups in total. The number of rotatable bonds is 5. The van der Waals surface area contributed by atoms with E-state index >= 15 is 0 Å². The predicted octanol–water partition coefficient (Wildman–Crippen LogP) is 2.36. The molecular weight excluding hydrogens is 318 g/mol. The number of para-hydroxylation sites is 1. The van der Waals surface area contributed by atoms with Gasteiger partial charge < -0.3 is 10.5 Å². The second kappa shape index (κ2) is 7.00. The number of hydrogen-bond donors (Lipinski definition) is 1. The van der Waals surface area contributed by atoms with E-state index in [1.165, 1.54) is 5.01 Å². The van der Waals surface area contributed by atoms with Crippen molar-refractivity contribution in [1.29, 1.82) is 0 Å². The molecule has 0 aliphatic carbocycles. The Bertz CT molecular complexity index is 855. The van der Waals surface area contributed by atoms with Gasteiger partial charge in [-0.1, -0.05) is 30.3 Å². The van der Waals surface area contributed by atoms with Crippen molar-refractivity contribution in [2.45, 2.75) is 6.92 Å². The topological polar surface area (TPSA) is 85.0 Å². The number of nitrogens with two attached hydrogens (primary N) is 1. The van der Waals surface area contributed by atoms with Crippen LogP contribution in [0.3, 0.4) is 0 Å². The molecule has 0 saturated carbocycles. The summed E-state index contributed by atoms with van der Waals surface area (Å²) in [7, 11) is 0. The van der Waals surface area contributed by atoms with Crippen LogP contribution in [0.25, 0.3) is 6.08 Å². The van der Waals surface area contributed by atoms with E-state index in [9.17, 15) is 9.59 Å². The van der Waals surface area contributed by atoms with Crippen LogP contribution in [0.1, 0.15) is 12.5 Å². The number of carbonyl (C=O) groups excluding carboxylic acids is 2. The lowest BCUT2D eigenvalue weighted by molar-refractivity contribution is -0.120. The maximum absolute atomic E-state index is 12.6. The molecular formula is C19H17N3O3. The number of primary amides is 1. The molecule has 1 heterocycles. The SMILES string of the molecule is CC1=NN(c2ccccc2)C(=O)/C1=C/c1ccc(OCC(N)=O)cc1. The Morgan fingerprint density at radius 2 is 1.84 bits per heavy atom. The molecule has 2 amide bonds. The van der Waals surface area contributed by atoms with E-state index in [2.05, 4.69) is 5.10 Å². The minimum Gasteiger partial charge on any atom is -0.484 e. The van der Waals surface area contributed by atoms with Gasteiger partial charge in [0.25, 0.3) is 11.8 Å². The highest BCUT2D eigenvalue weighted by Gasteiger charge is 2.28. The molecule has 0 atom stereocenters. The van der Waals surface area contributed by atoms with Crippen LogP contribution in [0, 0.1) is 0 Å². The quantitative estimate of drug-likeness (QED) is 0.851. The number of amides is 2. The Kier molecular flexibility index (Phi) is 4.61. The maximum Gasteiger partial charge on any atom is 0.280 e. The Labute approximate surface area is 145 Å². The molecule has 6 heteroatoms. The molecule has 0 bridgehead atoms. The highest BCUT2D eigenvalue weighted by atomic mass is 16.5. The average molecular weight is 335 g/mol. The third kappa shape index (κ3) is 3.74. The van der Waals surface area contributed by atoms with Crippen LogP contribution >= 0.6 is 0 Å². The molecule has 126 valence electrons. The molecule has 1 aliphatic rings. The molecule has 0 spiro atoms. The number of hydrogen-bond acceptors (Lipinski definition) is 4. The fourth-order valence-corrected chi connectivity index (χ4v) is 2.41. The van der Waals surface area contributed by atoms with Crippen molar-refractivity contribution in [1.82, 2.24) is 0 Å². The lowest BCUT2D eigenvalue weighted by Crippen LogP contribution is -2.21. The summed E-state index contributed by atoms with van der Waals surface area (Å²) in [5.74, 6) is -0.164. The molecule has 2 aromatic carbocycles. The van der Waals surface area contributed by atoms with Gasteiger partial charge in [0.2, 0.25) is 0 Å². The smallest absolute Gasteiger partial charge is 0.280 e. The van der Waals surface area contributed by atoms with Gasteiger partial charge >= 0.3 is 0 Å². The first kappa shape index (κ1) is 16.4. The molecule has 1 aliphatic heterocycles. The molecule has 0 aromatic heterocycles. The van der Waals surface area contributed by atoms with Gasteiger partial charge in [-0.05, 0) is 42.8 Å². The van der Waals surface area contributed by atoms with Crippen LogP contribution in [0.4, 0.5) is 5.69 Å². The normalized spacial score (nSPS) is 15.4. The van der Waals surface area contributed by atoms with Crippen molar-refractivity contribution in [3.05, 3.63) is 65.7 Å². The first-order valence-corrected chi connectivity index (χ1v) is 7.72. The summed E-state index contributed by atoms with van der Waals surface area (Å²) in [5, 5.41) is 5.73. The van der Waals surface area contributed by atoms with Crippen LogP contribution in [0.2, 0.25) is 0 Å². The number of hydrazone groups is 1. The molecule has 3 rings (SSSR count). The first-order valence-electron chi connectivity index (χ1n) is 7.72. The minimum atomic E-state index is -0.532. The lowest BCUT2D eigenvalue weighted by atomic mass is 10.1. The molecule has 2 aromatic rings. The second-order valence-corrected chi connectivity index (χ2v) is 5.52. The van der Waals surface area contributed by atoms with Gasteiger partial charge in [-0.15, -0.1) is 0 Å². The summed E-state index contributed by atoms with van der Waals surface area (Å²) in [6, 6.07) is 16.3. The van der Waals surface area contributed by atoms with Gasteiger partial charge in [0.05, 0.1) is 17.0 Å². The zero-order valence-corrected chi connectivity index (χ0v) is 13.7. The third-order valence-electron chi connectivity index (χ3n) is 3.64. The zero-order valence-electron chi connectivity index (χ0n) is 13.7. The predicted molar refractivity (Wildman–Crippen MR) is 96.1 cm³/mol. The fraction of sp³-hybridized carbons (Fsp3) is 0.105. The lowest BCUT2D eigenvalue weighted by Gasteiger charge is -2.11. The number of ether oxygens (including phenoxy) is 1. The Balaban J connectivity index is 1.78. The fourth-order valence-electron chi connectivity index (χ4n) is 2.41. The van der Waals surface area contributed by atoms with Gasteiger partial charge in [0.15, 0.2) is 6.61 Å². The summed E-state index contributed by atoms with van der Waals surface area (Å²) in [6.07, 6.45) is 1.78. The van der Waals surface area contributed by atoms with Gasteiger partial charge in [-0.25, -0.2) is 0 Å². The molecule has 0 unspecified atom stereocenters. The van der Waals surface area contributed by atoms with Crippen molar-refractivity contribution in [2.24, 2.45) is 10.8 Å². The minimum absolute atomic E-state index is 0.169. The number of benzene rings is 2. The van der Waals surface area contributed by atoms with Crippen LogP contribution in [-0.2, 0) is 9.59 Å². The van der Waals surface area contributed by atoms with E-state index in [0.717, 1.165) is 11.3 Å². The largest absolute Gasteiger partial charge is 0.484 e. The number of carbonyl (C=O) groups is 2. The second-order valence-electron chi connectivity index (χ2n) is 5.52. The molecule has 25 heavy (non-hydrogen) atoms. The van der Waals surface area contributed by atoms with Crippen molar-refractivity contribution in [2.75, 3.05) is 11.6 Å². The Hall–Kier alpha value is -3.41.